The summed E-state index contributed by atoms with van der Waals surface area (Å²) >= 11 is 0. The Labute approximate surface area is 562 Å². The average Bonchev–Trinajstić information content (AvgIpc) is 1.36. The molecule has 38 rings (SSSR count). The Morgan fingerprint density at radius 2 is 0.284 bits per heavy atom. The van der Waals surface area contributed by atoms with E-state index in [0.717, 1.165) is 55.7 Å². The molecular formula is C96H24F6. The molecule has 0 spiro atoms. The summed E-state index contributed by atoms with van der Waals surface area (Å²) in [6.45, 7) is 0. The molecule has 27 aromatic carbocycles. The minimum Gasteiger partial charge on any atom is -0.207 e. The number of hydrogen-bond acceptors (Lipinski definition) is 0. The summed E-state index contributed by atoms with van der Waals surface area (Å²) in [5.41, 5.74) is 14.1. The predicted octanol–water partition coefficient (Wildman–Crippen LogP) is 23.3. The Bertz CT molecular complexity index is 8760. The monoisotopic (exact) mass is 1290 g/mol. The molecule has 0 N–H and O–H groups in total. The number of benzene rings is 21. The van der Waals surface area contributed by atoms with Crippen LogP contribution in [0.15, 0.2) is 168 Å². The van der Waals surface area contributed by atoms with E-state index >= 15 is 26.3 Å². The summed E-state index contributed by atoms with van der Waals surface area (Å²) in [4.78, 5) is 0. The van der Waals surface area contributed by atoms with E-state index in [1.165, 1.54) is 271 Å². The molecule has 102 heavy (non-hydrogen) atoms. The van der Waals surface area contributed by atoms with Gasteiger partial charge in [0.05, 0.1) is 32.5 Å². The molecule has 0 nitrogen and oxygen atoms in total. The molecule has 27 aromatic rings. The molecule has 6 heteroatoms. The molecule has 6 atom stereocenters. The summed E-state index contributed by atoms with van der Waals surface area (Å²) in [5, 5.41) is 53.0. The molecule has 0 radical (unpaired) electrons. The zero-order chi connectivity index (χ0) is 64.1. The lowest BCUT2D eigenvalue weighted by Crippen LogP contribution is -2.66. The van der Waals surface area contributed by atoms with E-state index in [0.29, 0.717) is 0 Å². The predicted molar refractivity (Wildman–Crippen MR) is 391 cm³/mol. The molecule has 2 unspecified atom stereocenters. The molecule has 11 aliphatic rings. The summed E-state index contributed by atoms with van der Waals surface area (Å²) in [5.74, 6) is -2.14. The van der Waals surface area contributed by atoms with Gasteiger partial charge in [-0.2, -0.15) is 0 Å². The van der Waals surface area contributed by atoms with Gasteiger partial charge in [0, 0.05) is 0 Å². The van der Waals surface area contributed by atoms with Crippen molar-refractivity contribution in [2.45, 2.75) is 32.5 Å². The van der Waals surface area contributed by atoms with Gasteiger partial charge in [0.25, 0.3) is 0 Å². The van der Waals surface area contributed by atoms with Crippen molar-refractivity contribution in [1.82, 2.24) is 0 Å². The fourth-order valence-electron chi connectivity index (χ4n) is 31.8. The minimum atomic E-state index is -1.50. The third-order valence-electron chi connectivity index (χ3n) is 32.5. The van der Waals surface area contributed by atoms with Gasteiger partial charge in [-0.05, 0) is 400 Å². The Kier molecular flexibility index (Phi) is 4.99. The summed E-state index contributed by atoms with van der Waals surface area (Å²) in [6.07, 6.45) is 0. The van der Waals surface area contributed by atoms with Crippen molar-refractivity contribution < 1.29 is 26.3 Å². The highest BCUT2D eigenvalue weighted by Gasteiger charge is 2.87. The second-order valence-corrected chi connectivity index (χ2v) is 33.8. The van der Waals surface area contributed by atoms with Crippen LogP contribution < -0.4 is 0 Å². The number of allylic oxidation sites excluding steroid dienone is 4. The largest absolute Gasteiger partial charge is 0.207 e. The van der Waals surface area contributed by atoms with E-state index in [1.807, 2.05) is 0 Å². The van der Waals surface area contributed by atoms with Crippen LogP contribution >= 0.6 is 0 Å². The fraction of sp³-hybridized carbons (Fsp3) is 0.0625. The first-order chi connectivity index (χ1) is 50.2. The highest BCUT2D eigenvalue weighted by molar-refractivity contribution is 6.77. The first-order valence-electron chi connectivity index (χ1n) is 36.1. The summed E-state index contributed by atoms with van der Waals surface area (Å²) in [6, 6.07) is 45.5. The van der Waals surface area contributed by atoms with Gasteiger partial charge < -0.3 is 0 Å². The lowest BCUT2D eigenvalue weighted by molar-refractivity contribution is 0.311. The van der Waals surface area contributed by atoms with Crippen molar-refractivity contribution in [1.29, 1.82) is 0 Å². The van der Waals surface area contributed by atoms with Gasteiger partial charge in [0.15, 0.2) is 0 Å². The Balaban J connectivity index is 1.03. The van der Waals surface area contributed by atoms with Crippen LogP contribution in [-0.2, 0) is 32.5 Å². The maximum Gasteiger partial charge on any atom is 0.123 e. The van der Waals surface area contributed by atoms with Gasteiger partial charge in [0.1, 0.15) is 34.9 Å². The average molecular weight is 1290 g/mol. The first kappa shape index (κ1) is 44.8. The topological polar surface area (TPSA) is 0 Å². The fourth-order valence-corrected chi connectivity index (χ4v) is 31.8. The van der Waals surface area contributed by atoms with Crippen LogP contribution in [0.3, 0.4) is 0 Å². The van der Waals surface area contributed by atoms with Gasteiger partial charge in [0.2, 0.25) is 0 Å². The van der Waals surface area contributed by atoms with Gasteiger partial charge in [-0.25, -0.2) is 26.3 Å². The molecule has 0 saturated heterocycles. The van der Waals surface area contributed by atoms with Gasteiger partial charge >= 0.3 is 0 Å². The molecule has 11 aliphatic carbocycles. The standard InChI is InChI=1S/C96H24F6/c97-31-13-1-25(2-14-31)91-77-67-57-47-42-37-38-40-41-39(37)44-50-48(42)58(57)68-70-60(50)62-52(44)54-46(41)56-55-45(40)53-51-43(38)49(47)59-61(51)71-73-63(53)65(55)75-76-66(56)64(54)74-72(62)82-80(70)92(78(68)77,26-3-15-32(98)16-4-26)88-87(91)89-93(81(71)79(91)69(59)67,27-5-17-33(99)18-6-27)83(73)85(75)95(29-9-21-35(101)22-10-29)86(76)84(74)94(82,28-7-19-34(100)20-8-28)90(88)96(89,95)30-11-23-36(102)24-12-30/h1-24H/t91-,92+,93-,94+,95?,96?. The van der Waals surface area contributed by atoms with Crippen molar-refractivity contribution in [2.24, 2.45) is 0 Å². The van der Waals surface area contributed by atoms with Crippen LogP contribution in [0, 0.1) is 34.9 Å². The number of halogens is 6. The van der Waals surface area contributed by atoms with E-state index in [4.69, 9.17) is 0 Å². The Hall–Kier alpha value is -12.1. The quantitative estimate of drug-likeness (QED) is 0.115. The third-order valence-corrected chi connectivity index (χ3v) is 32.5. The van der Waals surface area contributed by atoms with Crippen molar-refractivity contribution in [3.63, 3.8) is 0 Å². The van der Waals surface area contributed by atoms with E-state index in [-0.39, 0.29) is 34.9 Å². The van der Waals surface area contributed by atoms with Crippen molar-refractivity contribution in [2.75, 3.05) is 0 Å². The molecule has 0 amide bonds. The highest BCUT2D eigenvalue weighted by Crippen LogP contribution is 2.95. The zero-order valence-corrected chi connectivity index (χ0v) is 52.1. The Morgan fingerprint density at radius 3 is 0.500 bits per heavy atom. The van der Waals surface area contributed by atoms with Crippen molar-refractivity contribution in [3.8, 4) is 0 Å². The molecular weight excluding hydrogens is 1270 g/mol. The molecule has 0 fully saturated rings. The highest BCUT2D eigenvalue weighted by atomic mass is 19.1. The van der Waals surface area contributed by atoms with E-state index in [1.54, 1.807) is 72.8 Å². The molecule has 0 aromatic heterocycles. The van der Waals surface area contributed by atoms with Crippen molar-refractivity contribution >= 4 is 215 Å². The molecule has 0 aliphatic heterocycles. The number of rotatable bonds is 6. The van der Waals surface area contributed by atoms with Gasteiger partial charge in [-0.1, -0.05) is 72.8 Å². The summed E-state index contributed by atoms with van der Waals surface area (Å²) < 4.78 is 103. The van der Waals surface area contributed by atoms with E-state index < -0.39 is 32.5 Å². The van der Waals surface area contributed by atoms with Gasteiger partial charge in [-0.15, -0.1) is 0 Å². The molecule has 0 bridgehead atoms. The first-order valence-corrected chi connectivity index (χ1v) is 36.1. The second-order valence-electron chi connectivity index (χ2n) is 33.8. The molecule has 0 saturated carbocycles. The van der Waals surface area contributed by atoms with Crippen LogP contribution in [0.25, 0.3) is 215 Å². The lowest BCUT2D eigenvalue weighted by Gasteiger charge is -2.67. The SMILES string of the molecule is Fc1ccc(C23C4=C5C6=C2[C@@]2(c7ccc(F)cc7)c7c8c9c%10c(c%11c%12c%13c(c%14c%15c%16c(c%17c%18c%19c(c2c2c7c7c9c9c%20c%10c%12c%10c%12c%13c%15c%13c%15c%16c%18c%16c%18c%19c2c2c7c9c7c(c%20%10)c(c%12%13)c(c%15%16)c7c2%18)[C@]6%17c2ccc(F)cc2)[C@]5%14c2ccc(F)cc2)[C@]4%11c2ccc(F)cc2)C83c2ccc(F)cc2)cc1. The molecule has 450 valence electrons. The van der Waals surface area contributed by atoms with E-state index in [9.17, 15) is 0 Å². The third kappa shape index (κ3) is 2.87. The number of hydrogen-bond donors (Lipinski definition) is 0. The minimum absolute atomic E-state index is 0.345. The Morgan fingerprint density at radius 1 is 0.137 bits per heavy atom. The second kappa shape index (κ2) is 11.4. The normalized spacial score (nSPS) is 25.7. The van der Waals surface area contributed by atoms with Crippen LogP contribution in [0.5, 0.6) is 0 Å². The smallest absolute Gasteiger partial charge is 0.123 e. The summed E-state index contributed by atoms with van der Waals surface area (Å²) in [7, 11) is 0. The van der Waals surface area contributed by atoms with Crippen LogP contribution in [0.4, 0.5) is 26.3 Å². The zero-order valence-electron chi connectivity index (χ0n) is 52.1. The maximum absolute atomic E-state index is 17.4. The van der Waals surface area contributed by atoms with Crippen LogP contribution in [-0.4, -0.2) is 0 Å². The van der Waals surface area contributed by atoms with Gasteiger partial charge in [-0.3, -0.25) is 0 Å². The van der Waals surface area contributed by atoms with Crippen LogP contribution in [0.1, 0.15) is 89.0 Å². The lowest BCUT2D eigenvalue weighted by atomic mass is 9.33. The van der Waals surface area contributed by atoms with Crippen molar-refractivity contribution in [3.05, 3.63) is 292 Å². The van der Waals surface area contributed by atoms with E-state index in [2.05, 4.69) is 72.8 Å². The molecule has 0 heterocycles. The maximum atomic E-state index is 17.4. The van der Waals surface area contributed by atoms with Crippen LogP contribution in [0.2, 0.25) is 0 Å².